The molecule has 0 atom stereocenters. The van der Waals surface area contributed by atoms with Crippen LogP contribution in [0.4, 0.5) is 0 Å². The summed E-state index contributed by atoms with van der Waals surface area (Å²) in [7, 11) is 0. The van der Waals surface area contributed by atoms with Crippen molar-refractivity contribution in [2.45, 2.75) is 26.9 Å². The van der Waals surface area contributed by atoms with E-state index < -0.39 is 0 Å². The highest BCUT2D eigenvalue weighted by Gasteiger charge is 2.01. The quantitative estimate of drug-likeness (QED) is 0.804. The van der Waals surface area contributed by atoms with E-state index in [2.05, 4.69) is 48.4 Å². The molecule has 0 saturated heterocycles. The Morgan fingerprint density at radius 2 is 1.81 bits per heavy atom. The zero-order chi connectivity index (χ0) is 11.4. The van der Waals surface area contributed by atoms with Gasteiger partial charge in [0.15, 0.2) is 0 Å². The number of hydrogen-bond acceptors (Lipinski definition) is 1. The first-order chi connectivity index (χ1) is 7.77. The lowest BCUT2D eigenvalue weighted by Crippen LogP contribution is -2.14. The SMILES string of the molecule is Cc1cccc(C)c1CNCc1cc[nH]c1. The Morgan fingerprint density at radius 3 is 2.44 bits per heavy atom. The van der Waals surface area contributed by atoms with E-state index >= 15 is 0 Å². The van der Waals surface area contributed by atoms with Gasteiger partial charge >= 0.3 is 0 Å². The molecule has 0 aliphatic rings. The fourth-order valence-corrected chi connectivity index (χ4v) is 1.93. The minimum Gasteiger partial charge on any atom is -0.367 e. The number of aromatic nitrogens is 1. The van der Waals surface area contributed by atoms with Crippen LogP contribution in [0.5, 0.6) is 0 Å². The van der Waals surface area contributed by atoms with Crippen LogP contribution in [0.3, 0.4) is 0 Å². The number of rotatable bonds is 4. The topological polar surface area (TPSA) is 27.8 Å². The molecule has 0 aliphatic heterocycles. The Labute approximate surface area is 96.7 Å². The van der Waals surface area contributed by atoms with Gasteiger partial charge in [0.05, 0.1) is 0 Å². The van der Waals surface area contributed by atoms with Gasteiger partial charge in [-0.1, -0.05) is 18.2 Å². The number of nitrogens with one attached hydrogen (secondary N) is 2. The summed E-state index contributed by atoms with van der Waals surface area (Å²) in [5.41, 5.74) is 5.44. The molecule has 2 nitrogen and oxygen atoms in total. The highest BCUT2D eigenvalue weighted by Crippen LogP contribution is 2.12. The molecule has 2 heteroatoms. The monoisotopic (exact) mass is 214 g/mol. The van der Waals surface area contributed by atoms with E-state index in [4.69, 9.17) is 0 Å². The van der Waals surface area contributed by atoms with Crippen LogP contribution in [-0.2, 0) is 13.1 Å². The molecule has 2 aromatic rings. The van der Waals surface area contributed by atoms with Crippen molar-refractivity contribution in [3.05, 3.63) is 58.9 Å². The molecule has 0 spiro atoms. The summed E-state index contributed by atoms with van der Waals surface area (Å²) >= 11 is 0. The summed E-state index contributed by atoms with van der Waals surface area (Å²) in [6.07, 6.45) is 3.98. The number of aromatic amines is 1. The van der Waals surface area contributed by atoms with Gasteiger partial charge < -0.3 is 10.3 Å². The number of H-pyrrole nitrogens is 1. The van der Waals surface area contributed by atoms with Crippen molar-refractivity contribution in [2.24, 2.45) is 0 Å². The van der Waals surface area contributed by atoms with Crippen LogP contribution in [0.1, 0.15) is 22.3 Å². The molecule has 0 bridgehead atoms. The van der Waals surface area contributed by atoms with Crippen molar-refractivity contribution in [3.63, 3.8) is 0 Å². The van der Waals surface area contributed by atoms with Crippen LogP contribution in [-0.4, -0.2) is 4.98 Å². The Balaban J connectivity index is 1.95. The Morgan fingerprint density at radius 1 is 1.06 bits per heavy atom. The molecule has 2 N–H and O–H groups in total. The Bertz CT molecular complexity index is 424. The molecule has 1 aromatic heterocycles. The fraction of sp³-hybridized carbons (Fsp3) is 0.286. The summed E-state index contributed by atoms with van der Waals surface area (Å²) in [5.74, 6) is 0. The van der Waals surface area contributed by atoms with E-state index in [1.54, 1.807) is 0 Å². The van der Waals surface area contributed by atoms with Crippen molar-refractivity contribution < 1.29 is 0 Å². The first-order valence-corrected chi connectivity index (χ1v) is 5.65. The predicted molar refractivity (Wildman–Crippen MR) is 67.3 cm³/mol. The van der Waals surface area contributed by atoms with Gasteiger partial charge in [-0.3, -0.25) is 0 Å². The molecule has 2 rings (SSSR count). The van der Waals surface area contributed by atoms with Crippen LogP contribution in [0.25, 0.3) is 0 Å². The summed E-state index contributed by atoms with van der Waals surface area (Å²) in [5, 5.41) is 3.47. The molecule has 1 aromatic carbocycles. The fourth-order valence-electron chi connectivity index (χ4n) is 1.93. The summed E-state index contributed by atoms with van der Waals surface area (Å²) in [6.45, 7) is 6.18. The van der Waals surface area contributed by atoms with Crippen molar-refractivity contribution in [2.75, 3.05) is 0 Å². The molecule has 0 unspecified atom stereocenters. The lowest BCUT2D eigenvalue weighted by atomic mass is 10.0. The van der Waals surface area contributed by atoms with Gasteiger partial charge in [-0.15, -0.1) is 0 Å². The molecule has 84 valence electrons. The van der Waals surface area contributed by atoms with Crippen LogP contribution in [0.2, 0.25) is 0 Å². The zero-order valence-corrected chi connectivity index (χ0v) is 9.88. The van der Waals surface area contributed by atoms with Gasteiger partial charge in [0.1, 0.15) is 0 Å². The second-order valence-corrected chi connectivity index (χ2v) is 4.19. The standard InChI is InChI=1S/C14H18N2/c1-11-4-3-5-12(2)14(11)10-16-9-13-6-7-15-8-13/h3-8,15-16H,9-10H2,1-2H3. The maximum Gasteiger partial charge on any atom is 0.0223 e. The van der Waals surface area contributed by atoms with Crippen molar-refractivity contribution in [3.8, 4) is 0 Å². The summed E-state index contributed by atoms with van der Waals surface area (Å²) in [4.78, 5) is 3.06. The van der Waals surface area contributed by atoms with E-state index in [1.165, 1.54) is 22.3 Å². The molecule has 0 fully saturated rings. The molecular weight excluding hydrogens is 196 g/mol. The summed E-state index contributed by atoms with van der Waals surface area (Å²) < 4.78 is 0. The van der Waals surface area contributed by atoms with Gasteiger partial charge in [-0.05, 0) is 42.2 Å². The van der Waals surface area contributed by atoms with Gasteiger partial charge in [-0.2, -0.15) is 0 Å². The van der Waals surface area contributed by atoms with Gasteiger partial charge in [0.2, 0.25) is 0 Å². The van der Waals surface area contributed by atoms with Gasteiger partial charge in [-0.25, -0.2) is 0 Å². The van der Waals surface area contributed by atoms with Crippen LogP contribution in [0.15, 0.2) is 36.7 Å². The lowest BCUT2D eigenvalue weighted by Gasteiger charge is -2.10. The Hall–Kier alpha value is -1.54. The molecule has 0 radical (unpaired) electrons. The van der Waals surface area contributed by atoms with Crippen molar-refractivity contribution in [1.29, 1.82) is 0 Å². The molecule has 0 saturated carbocycles. The van der Waals surface area contributed by atoms with E-state index in [0.29, 0.717) is 0 Å². The third-order valence-electron chi connectivity index (χ3n) is 2.94. The number of hydrogen-bond donors (Lipinski definition) is 2. The van der Waals surface area contributed by atoms with Gasteiger partial charge in [0.25, 0.3) is 0 Å². The molecular formula is C14H18N2. The highest BCUT2D eigenvalue weighted by atomic mass is 14.9. The van der Waals surface area contributed by atoms with Crippen LogP contribution < -0.4 is 5.32 Å². The van der Waals surface area contributed by atoms with E-state index in [9.17, 15) is 0 Å². The van der Waals surface area contributed by atoms with Crippen LogP contribution >= 0.6 is 0 Å². The van der Waals surface area contributed by atoms with Crippen molar-refractivity contribution >= 4 is 0 Å². The third-order valence-corrected chi connectivity index (χ3v) is 2.94. The predicted octanol–water partition coefficient (Wildman–Crippen LogP) is 2.92. The second kappa shape index (κ2) is 4.99. The minimum atomic E-state index is 0.914. The van der Waals surface area contributed by atoms with Gasteiger partial charge in [0, 0.05) is 25.5 Å². The molecule has 0 amide bonds. The Kier molecular flexibility index (Phi) is 3.42. The second-order valence-electron chi connectivity index (χ2n) is 4.19. The third kappa shape index (κ3) is 2.52. The van der Waals surface area contributed by atoms with E-state index in [1.807, 2.05) is 12.4 Å². The maximum atomic E-state index is 3.47. The normalized spacial score (nSPS) is 10.6. The maximum absolute atomic E-state index is 3.47. The van der Waals surface area contributed by atoms with E-state index in [-0.39, 0.29) is 0 Å². The number of aryl methyl sites for hydroxylation is 2. The molecule has 16 heavy (non-hydrogen) atoms. The largest absolute Gasteiger partial charge is 0.367 e. The average molecular weight is 214 g/mol. The first kappa shape index (κ1) is 11.0. The van der Waals surface area contributed by atoms with E-state index in [0.717, 1.165) is 13.1 Å². The van der Waals surface area contributed by atoms with Crippen molar-refractivity contribution in [1.82, 2.24) is 10.3 Å². The minimum absolute atomic E-state index is 0.914. The smallest absolute Gasteiger partial charge is 0.0223 e. The highest BCUT2D eigenvalue weighted by molar-refractivity contribution is 5.33. The molecule has 1 heterocycles. The molecule has 0 aliphatic carbocycles. The average Bonchev–Trinajstić information content (AvgIpc) is 2.75. The number of benzene rings is 1. The zero-order valence-electron chi connectivity index (χ0n) is 9.88. The van der Waals surface area contributed by atoms with Crippen LogP contribution in [0, 0.1) is 13.8 Å². The first-order valence-electron chi connectivity index (χ1n) is 5.65. The lowest BCUT2D eigenvalue weighted by molar-refractivity contribution is 0.688. The summed E-state index contributed by atoms with van der Waals surface area (Å²) in [6, 6.07) is 8.54.